The van der Waals surface area contributed by atoms with Crippen LogP contribution in [0.25, 0.3) is 10.6 Å². The highest BCUT2D eigenvalue weighted by molar-refractivity contribution is 7.94. The van der Waals surface area contributed by atoms with Gasteiger partial charge in [0.25, 0.3) is 0 Å². The Morgan fingerprint density at radius 3 is 2.70 bits per heavy atom. The monoisotopic (exact) mass is 409 g/mol. The zero-order valence-corrected chi connectivity index (χ0v) is 16.5. The van der Waals surface area contributed by atoms with E-state index in [-0.39, 0.29) is 24.7 Å². The Morgan fingerprint density at radius 1 is 1.26 bits per heavy atom. The maximum absolute atomic E-state index is 11.9. The zero-order valence-electron chi connectivity index (χ0n) is 14.9. The van der Waals surface area contributed by atoms with E-state index in [0.717, 1.165) is 16.0 Å². The van der Waals surface area contributed by atoms with Gasteiger partial charge in [-0.25, -0.2) is 13.4 Å². The average Bonchev–Trinajstić information content (AvgIpc) is 3.25. The van der Waals surface area contributed by atoms with Gasteiger partial charge in [0.1, 0.15) is 11.6 Å². The number of ether oxygens (including phenoxy) is 3. The summed E-state index contributed by atoms with van der Waals surface area (Å²) < 4.78 is 38.5. The number of allylic oxidation sites excluding steroid dienone is 1. The Bertz CT molecular complexity index is 964. The van der Waals surface area contributed by atoms with E-state index in [9.17, 15) is 13.2 Å². The molecule has 7 nitrogen and oxygen atoms in total. The van der Waals surface area contributed by atoms with Crippen LogP contribution in [-0.2, 0) is 26.0 Å². The van der Waals surface area contributed by atoms with Crippen LogP contribution in [0.1, 0.15) is 12.1 Å². The van der Waals surface area contributed by atoms with Crippen LogP contribution in [0.2, 0.25) is 0 Å². The molecule has 0 amide bonds. The molecule has 1 aromatic carbocycles. The Hall–Kier alpha value is -2.39. The van der Waals surface area contributed by atoms with Gasteiger partial charge in [0.15, 0.2) is 21.3 Å². The summed E-state index contributed by atoms with van der Waals surface area (Å²) in [5.74, 6) is 0.442. The number of aromatic nitrogens is 1. The minimum absolute atomic E-state index is 0.0394. The highest BCUT2D eigenvalue weighted by Gasteiger charge is 2.24. The summed E-state index contributed by atoms with van der Waals surface area (Å²) in [6, 6.07) is 5.52. The molecule has 3 rings (SSSR count). The standard InChI is InChI=1S/C18H19NO6S2/c1-23-15-4-3-13(8-16(15)24-2)18-19-14(10-26-18)9-25-17(20)7-12-5-6-27(21,22)11-12/h3-6,8,10,12H,7,9,11H2,1-2H3. The lowest BCUT2D eigenvalue weighted by molar-refractivity contribution is -0.145. The summed E-state index contributed by atoms with van der Waals surface area (Å²) in [5.41, 5.74) is 1.50. The molecule has 0 aliphatic carbocycles. The molecular formula is C18H19NO6S2. The second kappa shape index (κ2) is 8.10. The van der Waals surface area contributed by atoms with Crippen molar-refractivity contribution in [2.75, 3.05) is 20.0 Å². The minimum atomic E-state index is -3.16. The molecule has 0 radical (unpaired) electrons. The lowest BCUT2D eigenvalue weighted by atomic mass is 10.1. The molecule has 0 bridgehead atoms. The zero-order chi connectivity index (χ0) is 19.4. The van der Waals surface area contributed by atoms with Gasteiger partial charge in [-0.2, -0.15) is 0 Å². The number of benzene rings is 1. The van der Waals surface area contributed by atoms with Gasteiger partial charge in [0.2, 0.25) is 0 Å². The van der Waals surface area contributed by atoms with Crippen LogP contribution in [-0.4, -0.2) is 39.3 Å². The number of hydrogen-bond acceptors (Lipinski definition) is 8. The van der Waals surface area contributed by atoms with Gasteiger partial charge in [-0.1, -0.05) is 6.08 Å². The van der Waals surface area contributed by atoms with Gasteiger partial charge in [0.05, 0.1) is 32.1 Å². The summed E-state index contributed by atoms with van der Waals surface area (Å²) in [6.07, 6.45) is 1.58. The summed E-state index contributed by atoms with van der Waals surface area (Å²) >= 11 is 1.43. The number of hydrogen-bond donors (Lipinski definition) is 0. The summed E-state index contributed by atoms with van der Waals surface area (Å²) in [7, 11) is -0.0224. The van der Waals surface area contributed by atoms with E-state index in [1.165, 1.54) is 17.4 Å². The number of thiazole rings is 1. The Kier molecular flexibility index (Phi) is 5.81. The first-order chi connectivity index (χ1) is 12.9. The van der Waals surface area contributed by atoms with Crippen molar-refractivity contribution in [2.24, 2.45) is 5.92 Å². The lowest BCUT2D eigenvalue weighted by Gasteiger charge is -2.08. The first-order valence-electron chi connectivity index (χ1n) is 8.13. The molecule has 0 fully saturated rings. The fraction of sp³-hybridized carbons (Fsp3) is 0.333. The van der Waals surface area contributed by atoms with E-state index in [1.807, 2.05) is 17.5 Å². The van der Waals surface area contributed by atoms with Gasteiger partial charge in [-0.15, -0.1) is 11.3 Å². The number of methoxy groups -OCH3 is 2. The van der Waals surface area contributed by atoms with Crippen LogP contribution >= 0.6 is 11.3 Å². The van der Waals surface area contributed by atoms with E-state index >= 15 is 0 Å². The van der Waals surface area contributed by atoms with Crippen molar-refractivity contribution in [3.8, 4) is 22.1 Å². The van der Waals surface area contributed by atoms with Crippen molar-refractivity contribution in [2.45, 2.75) is 13.0 Å². The van der Waals surface area contributed by atoms with Crippen LogP contribution in [0.4, 0.5) is 0 Å². The molecular weight excluding hydrogens is 390 g/mol. The van der Waals surface area contributed by atoms with E-state index in [2.05, 4.69) is 4.98 Å². The van der Waals surface area contributed by atoms with Crippen LogP contribution in [0.15, 0.2) is 35.1 Å². The smallest absolute Gasteiger partial charge is 0.306 e. The Balaban J connectivity index is 1.58. The SMILES string of the molecule is COc1ccc(-c2nc(COC(=O)CC3C=CS(=O)(=O)C3)cs2)cc1OC. The van der Waals surface area contributed by atoms with Crippen molar-refractivity contribution < 1.29 is 27.4 Å². The van der Waals surface area contributed by atoms with Gasteiger partial charge < -0.3 is 14.2 Å². The maximum Gasteiger partial charge on any atom is 0.306 e. The molecule has 1 atom stereocenters. The number of nitrogens with zero attached hydrogens (tertiary/aromatic N) is 1. The predicted molar refractivity (Wildman–Crippen MR) is 101 cm³/mol. The fourth-order valence-electron chi connectivity index (χ4n) is 2.67. The third-order valence-corrected chi connectivity index (χ3v) is 6.40. The third-order valence-electron chi connectivity index (χ3n) is 4.00. The molecule has 0 saturated heterocycles. The van der Waals surface area contributed by atoms with Gasteiger partial charge >= 0.3 is 5.97 Å². The molecule has 144 valence electrons. The number of esters is 1. The molecule has 1 aliphatic rings. The summed E-state index contributed by atoms with van der Waals surface area (Å²) in [6.45, 7) is 0.0474. The number of rotatable bonds is 7. The fourth-order valence-corrected chi connectivity index (χ4v) is 4.87. The van der Waals surface area contributed by atoms with E-state index in [4.69, 9.17) is 14.2 Å². The molecule has 27 heavy (non-hydrogen) atoms. The predicted octanol–water partition coefficient (Wildman–Crippen LogP) is 2.82. The first-order valence-corrected chi connectivity index (χ1v) is 10.7. The maximum atomic E-state index is 11.9. The van der Waals surface area contributed by atoms with Gasteiger partial charge in [0, 0.05) is 22.3 Å². The van der Waals surface area contributed by atoms with E-state index in [1.54, 1.807) is 20.3 Å². The van der Waals surface area contributed by atoms with Crippen LogP contribution < -0.4 is 9.47 Å². The third kappa shape index (κ3) is 4.86. The van der Waals surface area contributed by atoms with Gasteiger partial charge in [-0.3, -0.25) is 4.79 Å². The lowest BCUT2D eigenvalue weighted by Crippen LogP contribution is -2.13. The Labute approximate surface area is 161 Å². The van der Waals surface area contributed by atoms with Crippen LogP contribution in [0.3, 0.4) is 0 Å². The second-order valence-corrected chi connectivity index (χ2v) is 8.79. The molecule has 1 aromatic heterocycles. The van der Waals surface area contributed by atoms with Crippen molar-refractivity contribution in [1.29, 1.82) is 0 Å². The molecule has 9 heteroatoms. The van der Waals surface area contributed by atoms with E-state index < -0.39 is 15.8 Å². The van der Waals surface area contributed by atoms with Crippen molar-refractivity contribution in [1.82, 2.24) is 4.98 Å². The largest absolute Gasteiger partial charge is 0.493 e. The highest BCUT2D eigenvalue weighted by Crippen LogP contribution is 2.33. The number of sulfone groups is 1. The second-order valence-electron chi connectivity index (χ2n) is 6.00. The number of carbonyl (C=O) groups excluding carboxylic acids is 1. The average molecular weight is 409 g/mol. The van der Waals surface area contributed by atoms with Crippen molar-refractivity contribution >= 4 is 27.1 Å². The number of carbonyl (C=O) groups is 1. The van der Waals surface area contributed by atoms with Crippen molar-refractivity contribution in [3.63, 3.8) is 0 Å². The first kappa shape index (κ1) is 19.4. The topological polar surface area (TPSA) is 91.8 Å². The molecule has 0 spiro atoms. The van der Waals surface area contributed by atoms with Crippen LogP contribution in [0.5, 0.6) is 11.5 Å². The van der Waals surface area contributed by atoms with Crippen LogP contribution in [0, 0.1) is 5.92 Å². The molecule has 1 unspecified atom stereocenters. The van der Waals surface area contributed by atoms with Gasteiger partial charge in [-0.05, 0) is 18.2 Å². The Morgan fingerprint density at radius 2 is 2.04 bits per heavy atom. The quantitative estimate of drug-likeness (QED) is 0.649. The molecule has 0 N–H and O–H groups in total. The van der Waals surface area contributed by atoms with E-state index in [0.29, 0.717) is 17.2 Å². The molecule has 2 aromatic rings. The summed E-state index contributed by atoms with van der Waals surface area (Å²) in [5, 5.41) is 3.74. The summed E-state index contributed by atoms with van der Waals surface area (Å²) in [4.78, 5) is 16.4. The molecule has 1 aliphatic heterocycles. The molecule has 0 saturated carbocycles. The van der Waals surface area contributed by atoms with Crippen molar-refractivity contribution in [3.05, 3.63) is 40.8 Å². The highest BCUT2D eigenvalue weighted by atomic mass is 32.2. The minimum Gasteiger partial charge on any atom is -0.493 e. The normalized spacial score (nSPS) is 17.6. The molecule has 2 heterocycles.